The predicted molar refractivity (Wildman–Crippen MR) is 78.9 cm³/mol. The molecular formula is C14H24N4O3. The molecule has 0 radical (unpaired) electrons. The molecule has 1 aromatic heterocycles. The van der Waals surface area contributed by atoms with Gasteiger partial charge in [-0.15, -0.1) is 0 Å². The Morgan fingerprint density at radius 1 is 1.33 bits per heavy atom. The summed E-state index contributed by atoms with van der Waals surface area (Å²) in [4.78, 5) is 29.8. The zero-order valence-electron chi connectivity index (χ0n) is 12.7. The fraction of sp³-hybridized carbons (Fsp3) is 0.643. The van der Waals surface area contributed by atoms with Gasteiger partial charge in [-0.3, -0.25) is 0 Å². The summed E-state index contributed by atoms with van der Waals surface area (Å²) >= 11 is 0. The molecule has 0 bridgehead atoms. The maximum Gasteiger partial charge on any atom is 0.326 e. The van der Waals surface area contributed by atoms with Crippen molar-refractivity contribution in [1.82, 2.24) is 20.6 Å². The fourth-order valence-electron chi connectivity index (χ4n) is 2.34. The third kappa shape index (κ3) is 5.45. The molecule has 0 aliphatic carbocycles. The Balaban J connectivity index is 2.54. The highest BCUT2D eigenvalue weighted by Crippen LogP contribution is 2.12. The van der Waals surface area contributed by atoms with E-state index in [1.165, 1.54) is 6.33 Å². The molecule has 0 saturated heterocycles. The van der Waals surface area contributed by atoms with E-state index in [1.54, 1.807) is 6.20 Å². The minimum Gasteiger partial charge on any atom is -0.480 e. The average Bonchev–Trinajstić information content (AvgIpc) is 2.92. The van der Waals surface area contributed by atoms with Crippen LogP contribution in [0.4, 0.5) is 4.79 Å². The summed E-state index contributed by atoms with van der Waals surface area (Å²) in [5, 5.41) is 14.5. The molecule has 7 heteroatoms. The second-order valence-electron chi connectivity index (χ2n) is 5.15. The van der Waals surface area contributed by atoms with Gasteiger partial charge in [-0.1, -0.05) is 26.7 Å². The van der Waals surface area contributed by atoms with Crippen LogP contribution in [0.15, 0.2) is 12.5 Å². The largest absolute Gasteiger partial charge is 0.480 e. The molecule has 0 aliphatic heterocycles. The smallest absolute Gasteiger partial charge is 0.326 e. The molecule has 0 spiro atoms. The quantitative estimate of drug-likeness (QED) is 0.583. The van der Waals surface area contributed by atoms with Gasteiger partial charge in [0.05, 0.1) is 6.33 Å². The Morgan fingerprint density at radius 3 is 2.48 bits per heavy atom. The summed E-state index contributed by atoms with van der Waals surface area (Å²) in [6.07, 6.45) is 5.12. The molecular weight excluding hydrogens is 272 g/mol. The molecule has 0 fully saturated rings. The van der Waals surface area contributed by atoms with E-state index in [2.05, 4.69) is 34.4 Å². The van der Waals surface area contributed by atoms with E-state index >= 15 is 0 Å². The number of hydrogen-bond donors (Lipinski definition) is 4. The second kappa shape index (κ2) is 8.28. The number of carbonyl (C=O) groups is 2. The number of aromatic nitrogens is 2. The third-order valence-corrected chi connectivity index (χ3v) is 3.70. The van der Waals surface area contributed by atoms with Gasteiger partial charge >= 0.3 is 12.0 Å². The summed E-state index contributed by atoms with van der Waals surface area (Å²) in [6.45, 7) is 6.08. The van der Waals surface area contributed by atoms with E-state index in [4.69, 9.17) is 0 Å². The zero-order valence-corrected chi connectivity index (χ0v) is 12.7. The van der Waals surface area contributed by atoms with Crippen molar-refractivity contribution in [3.05, 3.63) is 18.2 Å². The van der Waals surface area contributed by atoms with Crippen LogP contribution >= 0.6 is 0 Å². The van der Waals surface area contributed by atoms with E-state index in [1.807, 2.05) is 6.92 Å². The van der Waals surface area contributed by atoms with Gasteiger partial charge in [-0.2, -0.15) is 0 Å². The van der Waals surface area contributed by atoms with Crippen LogP contribution in [0.25, 0.3) is 0 Å². The summed E-state index contributed by atoms with van der Waals surface area (Å²) in [5.41, 5.74) is 0.663. The van der Waals surface area contributed by atoms with Gasteiger partial charge in [-0.25, -0.2) is 14.6 Å². The van der Waals surface area contributed by atoms with Gasteiger partial charge in [0.2, 0.25) is 0 Å². The molecule has 21 heavy (non-hydrogen) atoms. The van der Waals surface area contributed by atoms with E-state index < -0.39 is 18.0 Å². The van der Waals surface area contributed by atoms with Crippen molar-refractivity contribution in [1.29, 1.82) is 0 Å². The number of carboxylic acids is 1. The lowest BCUT2D eigenvalue weighted by atomic mass is 9.96. The third-order valence-electron chi connectivity index (χ3n) is 3.70. The van der Waals surface area contributed by atoms with Gasteiger partial charge in [0, 0.05) is 24.4 Å². The Kier molecular flexibility index (Phi) is 6.71. The number of carboxylic acid groups (broad SMARTS) is 1. The number of nitrogens with one attached hydrogen (secondary N) is 3. The van der Waals surface area contributed by atoms with Crippen LogP contribution in [0.2, 0.25) is 0 Å². The van der Waals surface area contributed by atoms with Crippen LogP contribution in [0.5, 0.6) is 0 Å². The lowest BCUT2D eigenvalue weighted by Crippen LogP contribution is -2.50. The van der Waals surface area contributed by atoms with Gasteiger partial charge in [0.15, 0.2) is 0 Å². The number of urea groups is 1. The molecule has 0 aliphatic rings. The van der Waals surface area contributed by atoms with Crippen molar-refractivity contribution >= 4 is 12.0 Å². The normalized spacial score (nSPS) is 13.7. The summed E-state index contributed by atoms with van der Waals surface area (Å²) in [5.74, 6) is -0.693. The number of nitrogens with zero attached hydrogens (tertiary/aromatic N) is 1. The van der Waals surface area contributed by atoms with Crippen LogP contribution in [0.3, 0.4) is 0 Å². The van der Waals surface area contributed by atoms with Gasteiger partial charge < -0.3 is 20.7 Å². The topological polar surface area (TPSA) is 107 Å². The first-order chi connectivity index (χ1) is 9.97. The standard InChI is InChI=1S/C14H24N4O3/c1-4-10(5-2)9(3)17-14(21)18-12(13(19)20)6-11-7-15-8-16-11/h7-10,12H,4-6H2,1-3H3,(H,15,16)(H,19,20)(H2,17,18,21)/t9?,12-/m0/s1. The molecule has 0 saturated carbocycles. The first-order valence-corrected chi connectivity index (χ1v) is 7.24. The highest BCUT2D eigenvalue weighted by Gasteiger charge is 2.23. The molecule has 1 aromatic rings. The number of aliphatic carboxylic acids is 1. The number of H-pyrrole nitrogens is 1. The number of amides is 2. The molecule has 1 heterocycles. The lowest BCUT2D eigenvalue weighted by Gasteiger charge is -2.23. The Labute approximate surface area is 124 Å². The highest BCUT2D eigenvalue weighted by atomic mass is 16.4. The Morgan fingerprint density at radius 2 is 2.00 bits per heavy atom. The highest BCUT2D eigenvalue weighted by molar-refractivity contribution is 5.82. The van der Waals surface area contributed by atoms with Crippen LogP contribution in [-0.4, -0.2) is 39.2 Å². The number of rotatable bonds is 8. The van der Waals surface area contributed by atoms with Crippen molar-refractivity contribution < 1.29 is 14.7 Å². The average molecular weight is 296 g/mol. The number of carbonyl (C=O) groups excluding carboxylic acids is 1. The first-order valence-electron chi connectivity index (χ1n) is 7.24. The van der Waals surface area contributed by atoms with Crippen LogP contribution in [0.1, 0.15) is 39.3 Å². The van der Waals surface area contributed by atoms with Crippen molar-refractivity contribution in [2.75, 3.05) is 0 Å². The van der Waals surface area contributed by atoms with E-state index in [0.717, 1.165) is 12.8 Å². The van der Waals surface area contributed by atoms with Crippen molar-refractivity contribution in [2.45, 2.75) is 52.1 Å². The number of aromatic amines is 1. The monoisotopic (exact) mass is 296 g/mol. The number of hydrogen-bond acceptors (Lipinski definition) is 3. The first kappa shape index (κ1) is 17.0. The number of imidazole rings is 1. The van der Waals surface area contributed by atoms with Crippen LogP contribution in [0, 0.1) is 5.92 Å². The maximum absolute atomic E-state index is 11.9. The van der Waals surface area contributed by atoms with Gasteiger partial charge in [-0.05, 0) is 12.8 Å². The van der Waals surface area contributed by atoms with Crippen LogP contribution < -0.4 is 10.6 Å². The van der Waals surface area contributed by atoms with Crippen molar-refractivity contribution in [3.63, 3.8) is 0 Å². The molecule has 4 N–H and O–H groups in total. The summed E-state index contributed by atoms with van der Waals surface area (Å²) < 4.78 is 0. The fourth-order valence-corrected chi connectivity index (χ4v) is 2.34. The van der Waals surface area contributed by atoms with Crippen LogP contribution in [-0.2, 0) is 11.2 Å². The molecule has 2 amide bonds. The van der Waals surface area contributed by atoms with Gasteiger partial charge in [0.25, 0.3) is 0 Å². The lowest BCUT2D eigenvalue weighted by molar-refractivity contribution is -0.139. The SMILES string of the molecule is CCC(CC)C(C)NC(=O)N[C@@H](Cc1cnc[nH]1)C(=O)O. The molecule has 2 atom stereocenters. The Hall–Kier alpha value is -2.05. The minimum atomic E-state index is -1.07. The maximum atomic E-state index is 11.9. The second-order valence-corrected chi connectivity index (χ2v) is 5.15. The van der Waals surface area contributed by atoms with Gasteiger partial charge in [0.1, 0.15) is 6.04 Å². The van der Waals surface area contributed by atoms with E-state index in [9.17, 15) is 14.7 Å². The molecule has 1 rings (SSSR count). The Bertz CT molecular complexity index is 443. The minimum absolute atomic E-state index is 0.00148. The van der Waals surface area contributed by atoms with Crippen molar-refractivity contribution in [3.8, 4) is 0 Å². The predicted octanol–water partition coefficient (Wildman–Crippen LogP) is 1.53. The molecule has 1 unspecified atom stereocenters. The summed E-state index contributed by atoms with van der Waals surface area (Å²) in [7, 11) is 0. The van der Waals surface area contributed by atoms with Crippen molar-refractivity contribution in [2.24, 2.45) is 5.92 Å². The van der Waals surface area contributed by atoms with E-state index in [0.29, 0.717) is 11.6 Å². The molecule has 0 aromatic carbocycles. The molecule has 7 nitrogen and oxygen atoms in total. The zero-order chi connectivity index (χ0) is 15.8. The van der Waals surface area contributed by atoms with E-state index in [-0.39, 0.29) is 12.5 Å². The summed E-state index contributed by atoms with van der Waals surface area (Å²) in [6, 6.07) is -1.44. The molecule has 118 valence electrons.